The topological polar surface area (TPSA) is 92.3 Å². The Morgan fingerprint density at radius 3 is 2.71 bits per heavy atom. The van der Waals surface area contributed by atoms with Gasteiger partial charge < -0.3 is 5.32 Å². The lowest BCUT2D eigenvalue weighted by molar-refractivity contribution is 0.825. The van der Waals surface area contributed by atoms with Crippen molar-refractivity contribution in [3.63, 3.8) is 0 Å². The molecule has 0 fully saturated rings. The van der Waals surface area contributed by atoms with E-state index in [9.17, 15) is 0 Å². The summed E-state index contributed by atoms with van der Waals surface area (Å²) in [6.45, 7) is 0. The largest absolute Gasteiger partial charge is 0.356 e. The van der Waals surface area contributed by atoms with Crippen LogP contribution in [0.15, 0.2) is 61.2 Å². The van der Waals surface area contributed by atoms with Gasteiger partial charge in [-0.1, -0.05) is 30.3 Å². The first-order valence-corrected chi connectivity index (χ1v) is 9.35. The Bertz CT molecular complexity index is 1060. The van der Waals surface area contributed by atoms with Crippen molar-refractivity contribution >= 4 is 5.82 Å². The smallest absolute Gasteiger partial charge is 0.163 e. The van der Waals surface area contributed by atoms with Crippen molar-refractivity contribution in [1.29, 1.82) is 0 Å². The van der Waals surface area contributed by atoms with Gasteiger partial charge in [-0.05, 0) is 37.0 Å². The second-order valence-electron chi connectivity index (χ2n) is 6.78. The number of H-pyrrole nitrogens is 1. The third kappa shape index (κ3) is 3.11. The fourth-order valence-corrected chi connectivity index (χ4v) is 3.62. The van der Waals surface area contributed by atoms with Gasteiger partial charge in [0.25, 0.3) is 0 Å². The molecule has 5 rings (SSSR count). The van der Waals surface area contributed by atoms with Gasteiger partial charge in [0.15, 0.2) is 11.6 Å². The minimum Gasteiger partial charge on any atom is -0.356 e. The van der Waals surface area contributed by atoms with Crippen LogP contribution >= 0.6 is 0 Å². The molecule has 7 nitrogen and oxygen atoms in total. The van der Waals surface area contributed by atoms with Crippen LogP contribution in [0.5, 0.6) is 0 Å². The Balaban J connectivity index is 1.59. The standard InChI is InChI=1S/C21H19N7/c1-2-6-14(7-3-1)18(21-23-13-24-28-21)26-20-16-9-4-10-17(16)25-19(27-20)15-8-5-11-22-12-15/h1-3,5-8,11-13,18H,4,9-10H2,(H,23,24,28)(H,25,26,27)/t18-/m0/s1. The predicted octanol–water partition coefficient (Wildman–Crippen LogP) is 3.35. The molecule has 28 heavy (non-hydrogen) atoms. The SMILES string of the molecule is c1ccc([C@H](Nc2nc(-c3cccnc3)nc3c2CCC3)c2ncn[nH]2)cc1. The van der Waals surface area contributed by atoms with E-state index in [4.69, 9.17) is 9.97 Å². The second kappa shape index (κ2) is 7.19. The van der Waals surface area contributed by atoms with Crippen LogP contribution in [0.2, 0.25) is 0 Å². The number of pyridine rings is 1. The lowest BCUT2D eigenvalue weighted by Gasteiger charge is -2.20. The Kier molecular flexibility index (Phi) is 4.25. The molecule has 138 valence electrons. The van der Waals surface area contributed by atoms with Crippen LogP contribution in [0.25, 0.3) is 11.4 Å². The van der Waals surface area contributed by atoms with E-state index in [0.717, 1.165) is 47.7 Å². The molecule has 1 aliphatic carbocycles. The highest BCUT2D eigenvalue weighted by Crippen LogP contribution is 2.32. The summed E-state index contributed by atoms with van der Waals surface area (Å²) in [6, 6.07) is 13.9. The molecule has 0 radical (unpaired) electrons. The summed E-state index contributed by atoms with van der Waals surface area (Å²) >= 11 is 0. The predicted molar refractivity (Wildman–Crippen MR) is 106 cm³/mol. The van der Waals surface area contributed by atoms with Gasteiger partial charge in [-0.25, -0.2) is 15.0 Å². The molecule has 1 atom stereocenters. The van der Waals surface area contributed by atoms with E-state index in [2.05, 4.69) is 37.6 Å². The highest BCUT2D eigenvalue weighted by Gasteiger charge is 2.24. The average molecular weight is 369 g/mol. The molecule has 0 unspecified atom stereocenters. The number of aromatic nitrogens is 6. The maximum atomic E-state index is 4.87. The number of nitrogens with zero attached hydrogens (tertiary/aromatic N) is 5. The van der Waals surface area contributed by atoms with Crippen LogP contribution in [0.1, 0.15) is 35.1 Å². The Morgan fingerprint density at radius 2 is 1.93 bits per heavy atom. The van der Waals surface area contributed by atoms with Gasteiger partial charge in [0.2, 0.25) is 0 Å². The minimum absolute atomic E-state index is 0.176. The molecule has 0 aliphatic heterocycles. The molecule has 0 amide bonds. The number of hydrogen-bond donors (Lipinski definition) is 2. The summed E-state index contributed by atoms with van der Waals surface area (Å²) in [4.78, 5) is 18.3. The summed E-state index contributed by atoms with van der Waals surface area (Å²) in [5.41, 5.74) is 4.30. The number of aromatic amines is 1. The second-order valence-corrected chi connectivity index (χ2v) is 6.78. The fraction of sp³-hybridized carbons (Fsp3) is 0.190. The molecule has 1 aromatic carbocycles. The molecule has 0 saturated carbocycles. The molecule has 0 saturated heterocycles. The van der Waals surface area contributed by atoms with E-state index in [1.54, 1.807) is 12.4 Å². The lowest BCUT2D eigenvalue weighted by Crippen LogP contribution is -2.17. The summed E-state index contributed by atoms with van der Waals surface area (Å²) in [7, 11) is 0. The van der Waals surface area contributed by atoms with E-state index in [0.29, 0.717) is 5.82 Å². The molecule has 4 aromatic rings. The molecule has 1 aliphatic rings. The maximum Gasteiger partial charge on any atom is 0.163 e. The van der Waals surface area contributed by atoms with Crippen LogP contribution < -0.4 is 5.32 Å². The third-order valence-electron chi connectivity index (χ3n) is 4.97. The highest BCUT2D eigenvalue weighted by atomic mass is 15.2. The van der Waals surface area contributed by atoms with E-state index in [1.165, 1.54) is 11.9 Å². The van der Waals surface area contributed by atoms with Crippen molar-refractivity contribution < 1.29 is 0 Å². The minimum atomic E-state index is -0.176. The van der Waals surface area contributed by atoms with E-state index in [-0.39, 0.29) is 6.04 Å². The Hall–Kier alpha value is -3.61. The van der Waals surface area contributed by atoms with Gasteiger partial charge >= 0.3 is 0 Å². The quantitative estimate of drug-likeness (QED) is 0.560. The van der Waals surface area contributed by atoms with Gasteiger partial charge in [-0.15, -0.1) is 0 Å². The van der Waals surface area contributed by atoms with E-state index < -0.39 is 0 Å². The van der Waals surface area contributed by atoms with Crippen LogP contribution in [0, 0.1) is 0 Å². The maximum absolute atomic E-state index is 4.87. The van der Waals surface area contributed by atoms with Crippen molar-refractivity contribution in [2.45, 2.75) is 25.3 Å². The number of nitrogens with one attached hydrogen (secondary N) is 2. The van der Waals surface area contributed by atoms with E-state index in [1.807, 2.05) is 30.3 Å². The molecule has 0 bridgehead atoms. The number of fused-ring (bicyclic) bond motifs is 1. The first-order chi connectivity index (χ1) is 13.9. The van der Waals surface area contributed by atoms with Gasteiger partial charge in [0.05, 0.1) is 0 Å². The summed E-state index contributed by atoms with van der Waals surface area (Å²) in [6.07, 6.45) is 8.11. The van der Waals surface area contributed by atoms with Crippen molar-refractivity contribution in [2.75, 3.05) is 5.32 Å². The third-order valence-corrected chi connectivity index (χ3v) is 4.97. The van der Waals surface area contributed by atoms with Crippen molar-refractivity contribution in [3.05, 3.63) is 83.8 Å². The summed E-state index contributed by atoms with van der Waals surface area (Å²) in [5, 5.41) is 10.6. The van der Waals surface area contributed by atoms with E-state index >= 15 is 0 Å². The van der Waals surface area contributed by atoms with Crippen molar-refractivity contribution in [1.82, 2.24) is 30.1 Å². The van der Waals surface area contributed by atoms with Crippen LogP contribution in [-0.2, 0) is 12.8 Å². The molecular weight excluding hydrogens is 350 g/mol. The normalized spacial score (nSPS) is 13.9. The molecule has 3 aromatic heterocycles. The Morgan fingerprint density at radius 1 is 1.00 bits per heavy atom. The number of hydrogen-bond acceptors (Lipinski definition) is 6. The zero-order chi connectivity index (χ0) is 18.8. The Labute approximate surface area is 162 Å². The molecular formula is C21H19N7. The van der Waals surface area contributed by atoms with Crippen molar-refractivity contribution in [2.24, 2.45) is 0 Å². The summed E-state index contributed by atoms with van der Waals surface area (Å²) in [5.74, 6) is 2.30. The molecule has 2 N–H and O–H groups in total. The zero-order valence-electron chi connectivity index (χ0n) is 15.2. The van der Waals surface area contributed by atoms with Gasteiger partial charge in [-0.3, -0.25) is 10.1 Å². The van der Waals surface area contributed by atoms with Gasteiger partial charge in [0.1, 0.15) is 18.2 Å². The fourth-order valence-electron chi connectivity index (χ4n) is 3.62. The molecule has 7 heteroatoms. The number of aryl methyl sites for hydroxylation is 1. The highest BCUT2D eigenvalue weighted by molar-refractivity contribution is 5.60. The number of rotatable bonds is 5. The van der Waals surface area contributed by atoms with Gasteiger partial charge in [-0.2, -0.15) is 5.10 Å². The van der Waals surface area contributed by atoms with Crippen LogP contribution in [0.4, 0.5) is 5.82 Å². The first-order valence-electron chi connectivity index (χ1n) is 9.35. The van der Waals surface area contributed by atoms with Crippen molar-refractivity contribution in [3.8, 4) is 11.4 Å². The molecule has 0 spiro atoms. The molecule has 3 heterocycles. The monoisotopic (exact) mass is 369 g/mol. The van der Waals surface area contributed by atoms with Crippen LogP contribution in [-0.4, -0.2) is 30.1 Å². The zero-order valence-corrected chi connectivity index (χ0v) is 15.2. The van der Waals surface area contributed by atoms with Gasteiger partial charge in [0, 0.05) is 29.2 Å². The average Bonchev–Trinajstić information content (AvgIpc) is 3.45. The summed E-state index contributed by atoms with van der Waals surface area (Å²) < 4.78 is 0. The van der Waals surface area contributed by atoms with Crippen LogP contribution in [0.3, 0.4) is 0 Å². The number of benzene rings is 1. The first kappa shape index (κ1) is 16.6. The number of anilines is 1. The lowest BCUT2D eigenvalue weighted by atomic mass is 10.1.